The quantitative estimate of drug-likeness (QED) is 0.361. The van der Waals surface area contributed by atoms with E-state index in [2.05, 4.69) is 17.2 Å². The van der Waals surface area contributed by atoms with Gasteiger partial charge in [-0.25, -0.2) is 4.99 Å². The molecule has 4 heteroatoms. The lowest BCUT2D eigenvalue weighted by atomic mass is 10.7. The minimum absolute atomic E-state index is 0.545. The summed E-state index contributed by atoms with van der Waals surface area (Å²) in [6, 6.07) is 0. The monoisotopic (exact) mass is 161 g/mol. The molecule has 0 aliphatic carbocycles. The summed E-state index contributed by atoms with van der Waals surface area (Å²) in [5.74, 6) is 2.39. The minimum atomic E-state index is 0.545. The summed E-state index contributed by atoms with van der Waals surface area (Å²) in [6.07, 6.45) is 0. The van der Waals surface area contributed by atoms with Gasteiger partial charge in [-0.15, -0.1) is 11.8 Å². The highest BCUT2D eigenvalue weighted by Gasteiger charge is 1.85. The fourth-order valence-electron chi connectivity index (χ4n) is 0.443. The van der Waals surface area contributed by atoms with E-state index in [4.69, 9.17) is 5.73 Å². The van der Waals surface area contributed by atoms with Crippen molar-refractivity contribution in [2.45, 2.75) is 13.8 Å². The molecular weight excluding hydrogens is 146 g/mol. The van der Waals surface area contributed by atoms with Gasteiger partial charge in [0.2, 0.25) is 0 Å². The zero-order valence-electron chi connectivity index (χ0n) is 6.55. The third-order valence-corrected chi connectivity index (χ3v) is 1.61. The molecule has 0 saturated carbocycles. The molecule has 3 N–H and O–H groups in total. The van der Waals surface area contributed by atoms with Crippen molar-refractivity contribution in [3.63, 3.8) is 0 Å². The third-order valence-electron chi connectivity index (χ3n) is 0.888. The summed E-state index contributed by atoms with van der Waals surface area (Å²) in [7, 11) is 0. The number of guanidine groups is 1. The Bertz CT molecular complexity index is 103. The van der Waals surface area contributed by atoms with Gasteiger partial charge in [-0.3, -0.25) is 0 Å². The van der Waals surface area contributed by atoms with Gasteiger partial charge in [0.15, 0.2) is 5.96 Å². The van der Waals surface area contributed by atoms with Crippen molar-refractivity contribution in [3.05, 3.63) is 0 Å². The van der Waals surface area contributed by atoms with E-state index in [9.17, 15) is 0 Å². The van der Waals surface area contributed by atoms with Crippen LogP contribution in [0.1, 0.15) is 13.8 Å². The molecule has 0 aromatic rings. The number of rotatable bonds is 4. The van der Waals surface area contributed by atoms with E-state index in [1.54, 1.807) is 11.8 Å². The lowest BCUT2D eigenvalue weighted by Gasteiger charge is -1.99. The zero-order chi connectivity index (χ0) is 7.82. The molecule has 0 aromatic carbocycles. The molecule has 3 nitrogen and oxygen atoms in total. The Morgan fingerprint density at radius 3 is 2.80 bits per heavy atom. The van der Waals surface area contributed by atoms with Crippen molar-refractivity contribution in [3.8, 4) is 0 Å². The summed E-state index contributed by atoms with van der Waals surface area (Å²) >= 11 is 1.75. The summed E-state index contributed by atoms with van der Waals surface area (Å²) in [5, 5.41) is 2.92. The molecule has 0 spiro atoms. The van der Waals surface area contributed by atoms with Gasteiger partial charge < -0.3 is 11.1 Å². The molecule has 0 aliphatic rings. The Labute approximate surface area is 66.5 Å². The normalized spacial score (nSPS) is 11.6. The van der Waals surface area contributed by atoms with Gasteiger partial charge in [0.1, 0.15) is 0 Å². The van der Waals surface area contributed by atoms with E-state index < -0.39 is 0 Å². The molecule has 60 valence electrons. The molecule has 0 aromatic heterocycles. The molecule has 0 aliphatic heterocycles. The van der Waals surface area contributed by atoms with Crippen molar-refractivity contribution in [2.24, 2.45) is 10.7 Å². The largest absolute Gasteiger partial charge is 0.370 e. The van der Waals surface area contributed by atoms with Crippen LogP contribution in [0.25, 0.3) is 0 Å². The summed E-state index contributed by atoms with van der Waals surface area (Å²) in [6.45, 7) is 4.94. The van der Waals surface area contributed by atoms with Crippen LogP contribution in [0, 0.1) is 0 Å². The molecule has 0 heterocycles. The van der Waals surface area contributed by atoms with E-state index in [-0.39, 0.29) is 0 Å². The maximum atomic E-state index is 5.45. The second kappa shape index (κ2) is 6.74. The van der Waals surface area contributed by atoms with Crippen molar-refractivity contribution in [2.75, 3.05) is 18.2 Å². The maximum Gasteiger partial charge on any atom is 0.189 e. The molecule has 0 radical (unpaired) electrons. The van der Waals surface area contributed by atoms with Crippen LogP contribution in [0.5, 0.6) is 0 Å². The van der Waals surface area contributed by atoms with E-state index in [0.29, 0.717) is 5.96 Å². The number of nitrogens with zero attached hydrogens (tertiary/aromatic N) is 1. The van der Waals surface area contributed by atoms with Gasteiger partial charge >= 0.3 is 0 Å². The van der Waals surface area contributed by atoms with Gasteiger partial charge in [-0.2, -0.15) is 0 Å². The predicted molar refractivity (Wildman–Crippen MR) is 48.3 cm³/mol. The van der Waals surface area contributed by atoms with Crippen LogP contribution in [0.3, 0.4) is 0 Å². The second-order valence-electron chi connectivity index (χ2n) is 1.70. The smallest absolute Gasteiger partial charge is 0.189 e. The highest BCUT2D eigenvalue weighted by Crippen LogP contribution is 1.96. The van der Waals surface area contributed by atoms with Gasteiger partial charge in [0.05, 0.1) is 5.88 Å². The first-order chi connectivity index (χ1) is 4.81. The Balaban J connectivity index is 3.28. The van der Waals surface area contributed by atoms with E-state index >= 15 is 0 Å². The first-order valence-electron chi connectivity index (χ1n) is 3.42. The van der Waals surface area contributed by atoms with Gasteiger partial charge in [-0.05, 0) is 12.7 Å². The van der Waals surface area contributed by atoms with Gasteiger partial charge in [0.25, 0.3) is 0 Å². The Morgan fingerprint density at radius 2 is 2.30 bits per heavy atom. The maximum absolute atomic E-state index is 5.45. The van der Waals surface area contributed by atoms with Crippen LogP contribution < -0.4 is 11.1 Å². The molecule has 0 bridgehead atoms. The molecule has 0 fully saturated rings. The molecule has 10 heavy (non-hydrogen) atoms. The lowest BCUT2D eigenvalue weighted by Crippen LogP contribution is -2.31. The SMILES string of the molecule is CCNC(N)=NCSCC. The summed E-state index contributed by atoms with van der Waals surface area (Å²) in [4.78, 5) is 4.05. The van der Waals surface area contributed by atoms with Crippen LogP contribution >= 0.6 is 11.8 Å². The van der Waals surface area contributed by atoms with Crippen molar-refractivity contribution >= 4 is 17.7 Å². The summed E-state index contributed by atoms with van der Waals surface area (Å²) < 4.78 is 0. The Kier molecular flexibility index (Phi) is 6.48. The number of nitrogens with two attached hydrogens (primary N) is 1. The van der Waals surface area contributed by atoms with E-state index in [1.807, 2.05) is 6.92 Å². The van der Waals surface area contributed by atoms with Gasteiger partial charge in [-0.1, -0.05) is 6.92 Å². The molecule has 0 rings (SSSR count). The van der Waals surface area contributed by atoms with Crippen LogP contribution in [0.15, 0.2) is 4.99 Å². The number of hydrogen-bond acceptors (Lipinski definition) is 2. The van der Waals surface area contributed by atoms with Crippen LogP contribution in [-0.4, -0.2) is 24.1 Å². The highest BCUT2D eigenvalue weighted by atomic mass is 32.2. The van der Waals surface area contributed by atoms with Crippen LogP contribution in [-0.2, 0) is 0 Å². The number of thioether (sulfide) groups is 1. The minimum Gasteiger partial charge on any atom is -0.370 e. The van der Waals surface area contributed by atoms with Crippen LogP contribution in [0.4, 0.5) is 0 Å². The predicted octanol–water partition coefficient (Wildman–Crippen LogP) is 0.621. The second-order valence-corrected chi connectivity index (χ2v) is 2.94. The average molecular weight is 161 g/mol. The average Bonchev–Trinajstić information content (AvgIpc) is 1.89. The molecule has 0 saturated heterocycles. The zero-order valence-corrected chi connectivity index (χ0v) is 7.37. The van der Waals surface area contributed by atoms with Crippen molar-refractivity contribution < 1.29 is 0 Å². The molecule has 0 unspecified atom stereocenters. The third kappa shape index (κ3) is 5.75. The van der Waals surface area contributed by atoms with Crippen molar-refractivity contribution in [1.29, 1.82) is 0 Å². The fraction of sp³-hybridized carbons (Fsp3) is 0.833. The fourth-order valence-corrected chi connectivity index (χ4v) is 0.856. The highest BCUT2D eigenvalue weighted by molar-refractivity contribution is 7.99. The Morgan fingerprint density at radius 1 is 1.60 bits per heavy atom. The molecule has 0 atom stereocenters. The summed E-state index contributed by atoms with van der Waals surface area (Å²) in [5.41, 5.74) is 5.45. The topological polar surface area (TPSA) is 50.4 Å². The van der Waals surface area contributed by atoms with E-state index in [1.165, 1.54) is 0 Å². The van der Waals surface area contributed by atoms with Crippen molar-refractivity contribution in [1.82, 2.24) is 5.32 Å². The first kappa shape index (κ1) is 9.62. The Hall–Kier alpha value is -0.380. The lowest BCUT2D eigenvalue weighted by molar-refractivity contribution is 0.948. The van der Waals surface area contributed by atoms with E-state index in [0.717, 1.165) is 18.2 Å². The number of hydrogen-bond donors (Lipinski definition) is 2. The molecule has 0 amide bonds. The number of aliphatic imine (C=N–C) groups is 1. The standard InChI is InChI=1S/C6H15N3S/c1-3-8-6(7)9-5-10-4-2/h3-5H2,1-2H3,(H3,7,8,9). The van der Waals surface area contributed by atoms with Crippen LogP contribution in [0.2, 0.25) is 0 Å². The van der Waals surface area contributed by atoms with Gasteiger partial charge in [0, 0.05) is 6.54 Å². The first-order valence-corrected chi connectivity index (χ1v) is 4.58. The number of nitrogens with one attached hydrogen (secondary N) is 1. The molecular formula is C6H15N3S.